The Morgan fingerprint density at radius 1 is 1.40 bits per heavy atom. The number of hydrogen-bond donors (Lipinski definition) is 1. The van der Waals surface area contributed by atoms with Gasteiger partial charge in [0.05, 0.1) is 0 Å². The lowest BCUT2D eigenvalue weighted by molar-refractivity contribution is 0.262. The van der Waals surface area contributed by atoms with Crippen LogP contribution in [0.5, 0.6) is 0 Å². The summed E-state index contributed by atoms with van der Waals surface area (Å²) in [7, 11) is 0. The molecule has 0 amide bonds. The molecule has 0 spiro atoms. The Morgan fingerprint density at radius 3 is 3.00 bits per heavy atom. The predicted molar refractivity (Wildman–Crippen MR) is 61.5 cm³/mol. The number of nitrogens with one attached hydrogen (secondary N) is 1. The van der Waals surface area contributed by atoms with Gasteiger partial charge in [0, 0.05) is 24.5 Å². The minimum absolute atomic E-state index is 0.600. The molecule has 2 heteroatoms. The van der Waals surface area contributed by atoms with Crippen LogP contribution in [0.4, 0.5) is 0 Å². The molecule has 0 radical (unpaired) electrons. The van der Waals surface area contributed by atoms with Crippen molar-refractivity contribution < 1.29 is 0 Å². The minimum Gasteiger partial charge on any atom is -0.309 e. The van der Waals surface area contributed by atoms with Crippen molar-refractivity contribution in [3.8, 4) is 0 Å². The van der Waals surface area contributed by atoms with E-state index in [0.29, 0.717) is 6.04 Å². The van der Waals surface area contributed by atoms with Gasteiger partial charge in [-0.15, -0.1) is 0 Å². The van der Waals surface area contributed by atoms with Gasteiger partial charge in [0.2, 0.25) is 0 Å². The van der Waals surface area contributed by atoms with E-state index in [2.05, 4.69) is 28.5 Å². The van der Waals surface area contributed by atoms with E-state index < -0.39 is 0 Å². The second kappa shape index (κ2) is 3.46. The van der Waals surface area contributed by atoms with Crippen LogP contribution in [-0.2, 0) is 0 Å². The first kappa shape index (κ1) is 9.10. The molecule has 1 saturated heterocycles. The van der Waals surface area contributed by atoms with Crippen LogP contribution < -0.4 is 5.32 Å². The third-order valence-electron chi connectivity index (χ3n) is 3.55. The van der Waals surface area contributed by atoms with Gasteiger partial charge in [0.1, 0.15) is 0 Å². The number of aryl methyl sites for hydroxylation is 1. The maximum absolute atomic E-state index is 4.37. The first-order chi connectivity index (χ1) is 7.34. The molecule has 2 nitrogen and oxygen atoms in total. The number of aromatic nitrogens is 1. The summed E-state index contributed by atoms with van der Waals surface area (Å²) in [5.74, 6) is 0.867. The second-order valence-corrected chi connectivity index (χ2v) is 4.57. The van der Waals surface area contributed by atoms with Crippen LogP contribution in [0, 0.1) is 12.8 Å². The standard InChI is InChI=1S/C13H16N2/c1-9-5-6-10(7-14-9)12-4-2-3-11-8-15-13(11)12/h4-7,11,13,15H,2-3,8H2,1H3/t11-,13+/m0/s1. The molecule has 0 bridgehead atoms. The van der Waals surface area contributed by atoms with E-state index in [1.807, 2.05) is 13.1 Å². The van der Waals surface area contributed by atoms with Gasteiger partial charge in [-0.25, -0.2) is 0 Å². The average molecular weight is 200 g/mol. The van der Waals surface area contributed by atoms with E-state index in [9.17, 15) is 0 Å². The number of rotatable bonds is 1. The van der Waals surface area contributed by atoms with E-state index in [0.717, 1.165) is 11.6 Å². The molecular weight excluding hydrogens is 184 g/mol. The molecule has 0 saturated carbocycles. The van der Waals surface area contributed by atoms with Crippen LogP contribution in [0.1, 0.15) is 24.1 Å². The lowest BCUT2D eigenvalue weighted by Gasteiger charge is -2.42. The smallest absolute Gasteiger partial charge is 0.0373 e. The number of nitrogens with zero attached hydrogens (tertiary/aromatic N) is 1. The third kappa shape index (κ3) is 1.49. The summed E-state index contributed by atoms with van der Waals surface area (Å²) in [6.45, 7) is 3.23. The minimum atomic E-state index is 0.600. The van der Waals surface area contributed by atoms with Gasteiger partial charge in [0.15, 0.2) is 0 Å². The van der Waals surface area contributed by atoms with Crippen molar-refractivity contribution in [3.05, 3.63) is 35.7 Å². The molecule has 1 aliphatic carbocycles. The molecule has 0 aromatic carbocycles. The Bertz CT molecular complexity index is 392. The molecule has 1 aromatic rings. The molecular formula is C13H16N2. The van der Waals surface area contributed by atoms with Crippen LogP contribution in [0.25, 0.3) is 5.57 Å². The highest BCUT2D eigenvalue weighted by Crippen LogP contribution is 2.35. The number of allylic oxidation sites excluding steroid dienone is 1. The molecule has 1 fully saturated rings. The summed E-state index contributed by atoms with van der Waals surface area (Å²) in [6, 6.07) is 4.89. The molecule has 78 valence electrons. The summed E-state index contributed by atoms with van der Waals surface area (Å²) in [4.78, 5) is 4.37. The number of fused-ring (bicyclic) bond motifs is 1. The van der Waals surface area contributed by atoms with Crippen molar-refractivity contribution in [2.45, 2.75) is 25.8 Å². The summed E-state index contributed by atoms with van der Waals surface area (Å²) >= 11 is 0. The third-order valence-corrected chi connectivity index (χ3v) is 3.55. The topological polar surface area (TPSA) is 24.9 Å². The van der Waals surface area contributed by atoms with E-state index in [4.69, 9.17) is 0 Å². The molecule has 1 aliphatic heterocycles. The Morgan fingerprint density at radius 2 is 2.33 bits per heavy atom. The summed E-state index contributed by atoms with van der Waals surface area (Å²) in [6.07, 6.45) is 6.95. The van der Waals surface area contributed by atoms with Crippen molar-refractivity contribution in [1.82, 2.24) is 10.3 Å². The van der Waals surface area contributed by atoms with Crippen LogP contribution in [-0.4, -0.2) is 17.6 Å². The molecule has 2 aliphatic rings. The van der Waals surface area contributed by atoms with Gasteiger partial charge >= 0.3 is 0 Å². The Kier molecular flexibility index (Phi) is 2.10. The molecule has 2 heterocycles. The molecule has 0 unspecified atom stereocenters. The van der Waals surface area contributed by atoms with Gasteiger partial charge in [0.25, 0.3) is 0 Å². The molecule has 3 rings (SSSR count). The monoisotopic (exact) mass is 200 g/mol. The zero-order valence-corrected chi connectivity index (χ0v) is 9.03. The first-order valence-electron chi connectivity index (χ1n) is 5.71. The quantitative estimate of drug-likeness (QED) is 0.751. The first-order valence-corrected chi connectivity index (χ1v) is 5.71. The number of hydrogen-bond acceptors (Lipinski definition) is 2. The fourth-order valence-electron chi connectivity index (χ4n) is 2.55. The van der Waals surface area contributed by atoms with Crippen LogP contribution in [0.15, 0.2) is 24.4 Å². The average Bonchev–Trinajstić information content (AvgIpc) is 2.21. The highest BCUT2D eigenvalue weighted by atomic mass is 15.0. The predicted octanol–water partition coefficient (Wildman–Crippen LogP) is 2.16. The van der Waals surface area contributed by atoms with Crippen LogP contribution >= 0.6 is 0 Å². The Hall–Kier alpha value is -1.15. The van der Waals surface area contributed by atoms with Crippen molar-refractivity contribution in [1.29, 1.82) is 0 Å². The van der Waals surface area contributed by atoms with Gasteiger partial charge in [-0.05, 0) is 42.9 Å². The SMILES string of the molecule is Cc1ccc(C2=CCC[C@H]3CN[C@@H]23)cn1. The van der Waals surface area contributed by atoms with Crippen molar-refractivity contribution in [2.75, 3.05) is 6.54 Å². The Balaban J connectivity index is 1.92. The van der Waals surface area contributed by atoms with Crippen LogP contribution in [0.3, 0.4) is 0 Å². The van der Waals surface area contributed by atoms with Crippen LogP contribution in [0.2, 0.25) is 0 Å². The Labute approximate surface area is 90.4 Å². The second-order valence-electron chi connectivity index (χ2n) is 4.57. The van der Waals surface area contributed by atoms with E-state index >= 15 is 0 Å². The lowest BCUT2D eigenvalue weighted by Crippen LogP contribution is -2.54. The van der Waals surface area contributed by atoms with E-state index in [-0.39, 0.29) is 0 Å². The zero-order valence-electron chi connectivity index (χ0n) is 9.03. The number of pyridine rings is 1. The van der Waals surface area contributed by atoms with Gasteiger partial charge in [-0.2, -0.15) is 0 Å². The summed E-state index contributed by atoms with van der Waals surface area (Å²) in [5, 5.41) is 3.51. The van der Waals surface area contributed by atoms with E-state index in [1.165, 1.54) is 30.5 Å². The lowest BCUT2D eigenvalue weighted by atomic mass is 9.76. The fraction of sp³-hybridized carbons (Fsp3) is 0.462. The molecule has 1 N–H and O–H groups in total. The van der Waals surface area contributed by atoms with E-state index in [1.54, 1.807) is 0 Å². The largest absolute Gasteiger partial charge is 0.309 e. The van der Waals surface area contributed by atoms with Gasteiger partial charge in [-0.1, -0.05) is 12.1 Å². The van der Waals surface area contributed by atoms with Crippen molar-refractivity contribution in [3.63, 3.8) is 0 Å². The fourth-order valence-corrected chi connectivity index (χ4v) is 2.55. The maximum atomic E-state index is 4.37. The molecule has 2 atom stereocenters. The highest BCUT2D eigenvalue weighted by molar-refractivity contribution is 5.71. The van der Waals surface area contributed by atoms with Gasteiger partial charge in [-0.3, -0.25) is 4.98 Å². The molecule has 1 aromatic heterocycles. The summed E-state index contributed by atoms with van der Waals surface area (Å²) < 4.78 is 0. The summed E-state index contributed by atoms with van der Waals surface area (Å²) in [5.41, 5.74) is 3.85. The molecule has 15 heavy (non-hydrogen) atoms. The zero-order chi connectivity index (χ0) is 10.3. The highest BCUT2D eigenvalue weighted by Gasteiger charge is 2.35. The maximum Gasteiger partial charge on any atom is 0.0373 e. The van der Waals surface area contributed by atoms with Crippen molar-refractivity contribution in [2.24, 2.45) is 5.92 Å². The van der Waals surface area contributed by atoms with Crippen molar-refractivity contribution >= 4 is 5.57 Å². The van der Waals surface area contributed by atoms with Gasteiger partial charge < -0.3 is 5.32 Å². The normalized spacial score (nSPS) is 29.0.